The van der Waals surface area contributed by atoms with E-state index in [1.165, 1.54) is 11.1 Å². The smallest absolute Gasteiger partial charge is 0.230 e. The first-order chi connectivity index (χ1) is 10.1. The highest BCUT2D eigenvalue weighted by Gasteiger charge is 2.33. The van der Waals surface area contributed by atoms with Crippen molar-refractivity contribution in [1.29, 1.82) is 0 Å². The largest absolute Gasteiger partial charge is 0.330 e. The lowest BCUT2D eigenvalue weighted by atomic mass is 10.0. The molecule has 0 saturated carbocycles. The van der Waals surface area contributed by atoms with Crippen LogP contribution in [0.4, 0.5) is 5.69 Å². The molecule has 1 heterocycles. The summed E-state index contributed by atoms with van der Waals surface area (Å²) in [6.45, 7) is 7.08. The monoisotopic (exact) mass is 288 g/mol. The lowest BCUT2D eigenvalue weighted by Gasteiger charge is -2.26. The molecule has 1 aromatic rings. The van der Waals surface area contributed by atoms with Gasteiger partial charge in [0.25, 0.3) is 0 Å². The van der Waals surface area contributed by atoms with Gasteiger partial charge in [-0.15, -0.1) is 0 Å². The van der Waals surface area contributed by atoms with Crippen molar-refractivity contribution in [3.63, 3.8) is 0 Å². The molecule has 0 radical (unpaired) electrons. The number of rotatable bonds is 6. The van der Waals surface area contributed by atoms with E-state index in [0.29, 0.717) is 5.91 Å². The molecule has 1 unspecified atom stereocenters. The number of nitrogens with zero attached hydrogens (tertiary/aromatic N) is 1. The van der Waals surface area contributed by atoms with Gasteiger partial charge >= 0.3 is 0 Å². The van der Waals surface area contributed by atoms with Crippen LogP contribution in [0.25, 0.3) is 0 Å². The molecule has 21 heavy (non-hydrogen) atoms. The normalized spacial score (nSPS) is 17.4. The third kappa shape index (κ3) is 3.29. The molecule has 0 saturated heterocycles. The zero-order valence-corrected chi connectivity index (χ0v) is 13.6. The molecule has 2 rings (SSSR count). The SMILES string of the molecule is CCC(CC)C(=O)N1c2ccc(CCCN)cc2CC1C. The molecule has 3 nitrogen and oxygen atoms in total. The van der Waals surface area contributed by atoms with Crippen molar-refractivity contribution in [2.75, 3.05) is 11.4 Å². The van der Waals surface area contributed by atoms with Gasteiger partial charge in [0.05, 0.1) is 0 Å². The molecule has 116 valence electrons. The average molecular weight is 288 g/mol. The van der Waals surface area contributed by atoms with Gasteiger partial charge in [-0.25, -0.2) is 0 Å². The predicted octanol–water partition coefficient (Wildman–Crippen LogP) is 3.29. The number of benzene rings is 1. The van der Waals surface area contributed by atoms with Crippen LogP contribution in [-0.4, -0.2) is 18.5 Å². The highest BCUT2D eigenvalue weighted by atomic mass is 16.2. The highest BCUT2D eigenvalue weighted by Crippen LogP contribution is 2.35. The molecule has 1 aliphatic rings. The van der Waals surface area contributed by atoms with Crippen LogP contribution in [0.15, 0.2) is 18.2 Å². The van der Waals surface area contributed by atoms with Crippen LogP contribution in [0.3, 0.4) is 0 Å². The Labute approximate surface area is 128 Å². The maximum Gasteiger partial charge on any atom is 0.230 e. The molecule has 0 aliphatic carbocycles. The molecular weight excluding hydrogens is 260 g/mol. The lowest BCUT2D eigenvalue weighted by Crippen LogP contribution is -2.39. The standard InChI is InChI=1S/C18H28N2O/c1-4-15(5-2)18(21)20-13(3)11-16-12-14(7-6-10-19)8-9-17(16)20/h8-9,12-13,15H,4-7,10-11,19H2,1-3H3. The van der Waals surface area contributed by atoms with Crippen LogP contribution in [-0.2, 0) is 17.6 Å². The lowest BCUT2D eigenvalue weighted by molar-refractivity contribution is -0.122. The number of carbonyl (C=O) groups is 1. The zero-order valence-electron chi connectivity index (χ0n) is 13.6. The Kier molecular flexibility index (Phi) is 5.40. The van der Waals surface area contributed by atoms with Gasteiger partial charge in [-0.1, -0.05) is 26.0 Å². The summed E-state index contributed by atoms with van der Waals surface area (Å²) in [5, 5.41) is 0. The van der Waals surface area contributed by atoms with Gasteiger partial charge < -0.3 is 10.6 Å². The first kappa shape index (κ1) is 16.0. The first-order valence-electron chi connectivity index (χ1n) is 8.27. The number of anilines is 1. The van der Waals surface area contributed by atoms with E-state index in [4.69, 9.17) is 5.73 Å². The number of hydrogen-bond acceptors (Lipinski definition) is 2. The molecule has 1 amide bonds. The van der Waals surface area contributed by atoms with Crippen LogP contribution >= 0.6 is 0 Å². The van der Waals surface area contributed by atoms with Gasteiger partial charge in [0.2, 0.25) is 5.91 Å². The molecule has 3 heteroatoms. The van der Waals surface area contributed by atoms with Crippen LogP contribution in [0.5, 0.6) is 0 Å². The minimum Gasteiger partial charge on any atom is -0.330 e. The Morgan fingerprint density at radius 3 is 2.71 bits per heavy atom. The van der Waals surface area contributed by atoms with Gasteiger partial charge in [0.15, 0.2) is 0 Å². The molecule has 0 aromatic heterocycles. The Hall–Kier alpha value is -1.35. The van der Waals surface area contributed by atoms with Crippen LogP contribution in [0.1, 0.15) is 51.2 Å². The van der Waals surface area contributed by atoms with Gasteiger partial charge in [-0.3, -0.25) is 4.79 Å². The molecule has 1 aliphatic heterocycles. The summed E-state index contributed by atoms with van der Waals surface area (Å²) < 4.78 is 0. The number of hydrogen-bond donors (Lipinski definition) is 1. The maximum atomic E-state index is 12.7. The average Bonchev–Trinajstić information content (AvgIpc) is 2.81. The first-order valence-corrected chi connectivity index (χ1v) is 8.27. The summed E-state index contributed by atoms with van der Waals surface area (Å²) >= 11 is 0. The van der Waals surface area contributed by atoms with Crippen molar-refractivity contribution in [2.45, 2.75) is 58.9 Å². The second kappa shape index (κ2) is 7.08. The summed E-state index contributed by atoms with van der Waals surface area (Å²) in [5.74, 6) is 0.441. The molecule has 1 atom stereocenters. The van der Waals surface area contributed by atoms with Crippen molar-refractivity contribution < 1.29 is 4.79 Å². The summed E-state index contributed by atoms with van der Waals surface area (Å²) in [4.78, 5) is 14.8. The molecule has 1 aromatic carbocycles. The van der Waals surface area contributed by atoms with E-state index in [9.17, 15) is 4.79 Å². The van der Waals surface area contributed by atoms with Crippen LogP contribution in [0.2, 0.25) is 0 Å². The van der Waals surface area contributed by atoms with E-state index in [0.717, 1.165) is 44.3 Å². The maximum absolute atomic E-state index is 12.7. The second-order valence-corrected chi connectivity index (χ2v) is 6.13. The number of aryl methyl sites for hydroxylation is 1. The molecule has 0 spiro atoms. The van der Waals surface area contributed by atoms with Crippen molar-refractivity contribution in [1.82, 2.24) is 0 Å². The number of nitrogens with two attached hydrogens (primary N) is 1. The molecule has 2 N–H and O–H groups in total. The van der Waals surface area contributed by atoms with Crippen molar-refractivity contribution in [3.8, 4) is 0 Å². The van der Waals surface area contributed by atoms with E-state index < -0.39 is 0 Å². The zero-order chi connectivity index (χ0) is 15.4. The minimum absolute atomic E-state index is 0.148. The fourth-order valence-corrected chi connectivity index (χ4v) is 3.32. The summed E-state index contributed by atoms with van der Waals surface area (Å²) in [5.41, 5.74) is 9.36. The molecular formula is C18H28N2O. The van der Waals surface area contributed by atoms with E-state index in [2.05, 4.69) is 39.0 Å². The second-order valence-electron chi connectivity index (χ2n) is 6.13. The Balaban J connectivity index is 2.23. The van der Waals surface area contributed by atoms with Gasteiger partial charge in [-0.05, 0) is 62.8 Å². The Morgan fingerprint density at radius 1 is 1.38 bits per heavy atom. The summed E-state index contributed by atoms with van der Waals surface area (Å²) in [7, 11) is 0. The van der Waals surface area contributed by atoms with Gasteiger partial charge in [-0.2, -0.15) is 0 Å². The fourth-order valence-electron chi connectivity index (χ4n) is 3.32. The van der Waals surface area contributed by atoms with Crippen LogP contribution in [0, 0.1) is 5.92 Å². The summed E-state index contributed by atoms with van der Waals surface area (Å²) in [6, 6.07) is 6.82. The minimum atomic E-state index is 0.148. The number of fused-ring (bicyclic) bond motifs is 1. The third-order valence-corrected chi connectivity index (χ3v) is 4.60. The quantitative estimate of drug-likeness (QED) is 0.873. The number of carbonyl (C=O) groups excluding carboxylic acids is 1. The van der Waals surface area contributed by atoms with Gasteiger partial charge in [0, 0.05) is 17.6 Å². The molecule has 0 bridgehead atoms. The van der Waals surface area contributed by atoms with Gasteiger partial charge in [0.1, 0.15) is 0 Å². The third-order valence-electron chi connectivity index (χ3n) is 4.60. The fraction of sp³-hybridized carbons (Fsp3) is 0.611. The van der Waals surface area contributed by atoms with Crippen molar-refractivity contribution >= 4 is 11.6 Å². The van der Waals surface area contributed by atoms with E-state index in [1.807, 2.05) is 4.90 Å². The Bertz CT molecular complexity index is 494. The van der Waals surface area contributed by atoms with Crippen LogP contribution < -0.4 is 10.6 Å². The molecule has 0 fully saturated rings. The number of amides is 1. The van der Waals surface area contributed by atoms with E-state index in [-0.39, 0.29) is 12.0 Å². The topological polar surface area (TPSA) is 46.3 Å². The summed E-state index contributed by atoms with van der Waals surface area (Å²) in [6.07, 6.45) is 4.85. The van der Waals surface area contributed by atoms with Crippen molar-refractivity contribution in [3.05, 3.63) is 29.3 Å². The Morgan fingerprint density at radius 2 is 2.10 bits per heavy atom. The van der Waals surface area contributed by atoms with Crippen molar-refractivity contribution in [2.24, 2.45) is 11.7 Å². The highest BCUT2D eigenvalue weighted by molar-refractivity contribution is 5.97. The van der Waals surface area contributed by atoms with E-state index in [1.54, 1.807) is 0 Å². The van der Waals surface area contributed by atoms with E-state index >= 15 is 0 Å². The predicted molar refractivity (Wildman–Crippen MR) is 88.5 cm³/mol.